The summed E-state index contributed by atoms with van der Waals surface area (Å²) in [6, 6.07) is 4.74. The van der Waals surface area contributed by atoms with Crippen LogP contribution in [0.25, 0.3) is 0 Å². The van der Waals surface area contributed by atoms with Crippen LogP contribution in [-0.4, -0.2) is 28.9 Å². The molecular weight excluding hydrogens is 249 g/mol. The SMILES string of the molecule is CC1(C)NC(=O)N(CC(N)c2cccc(F)c2)C1=O. The van der Waals surface area contributed by atoms with Gasteiger partial charge in [0.1, 0.15) is 11.4 Å². The minimum absolute atomic E-state index is 0.0253. The van der Waals surface area contributed by atoms with Crippen molar-refractivity contribution in [3.63, 3.8) is 0 Å². The van der Waals surface area contributed by atoms with Gasteiger partial charge in [0.05, 0.1) is 0 Å². The van der Waals surface area contributed by atoms with Crippen molar-refractivity contribution in [2.24, 2.45) is 5.73 Å². The van der Waals surface area contributed by atoms with Gasteiger partial charge in [0.25, 0.3) is 5.91 Å². The van der Waals surface area contributed by atoms with E-state index in [1.807, 2.05) is 0 Å². The van der Waals surface area contributed by atoms with Crippen molar-refractivity contribution in [3.8, 4) is 0 Å². The second kappa shape index (κ2) is 4.62. The summed E-state index contributed by atoms with van der Waals surface area (Å²) in [7, 11) is 0. The lowest BCUT2D eigenvalue weighted by Gasteiger charge is -2.20. The van der Waals surface area contributed by atoms with Gasteiger partial charge in [0.2, 0.25) is 0 Å². The van der Waals surface area contributed by atoms with Crippen LogP contribution in [-0.2, 0) is 4.79 Å². The van der Waals surface area contributed by atoms with Crippen LogP contribution in [0.3, 0.4) is 0 Å². The van der Waals surface area contributed by atoms with Gasteiger partial charge in [-0.15, -0.1) is 0 Å². The number of imide groups is 1. The van der Waals surface area contributed by atoms with Crippen LogP contribution in [0.2, 0.25) is 0 Å². The second-order valence-electron chi connectivity index (χ2n) is 5.13. The first-order valence-corrected chi connectivity index (χ1v) is 5.96. The molecular formula is C13H16FN3O2. The Kier molecular flexibility index (Phi) is 3.28. The van der Waals surface area contributed by atoms with Crippen LogP contribution in [0.5, 0.6) is 0 Å². The summed E-state index contributed by atoms with van der Waals surface area (Å²) >= 11 is 0. The van der Waals surface area contributed by atoms with Crippen molar-refractivity contribution in [2.75, 3.05) is 6.54 Å². The Balaban J connectivity index is 2.14. The van der Waals surface area contributed by atoms with Crippen LogP contribution < -0.4 is 11.1 Å². The number of rotatable bonds is 3. The first-order valence-electron chi connectivity index (χ1n) is 5.96. The van der Waals surface area contributed by atoms with Gasteiger partial charge in [0.15, 0.2) is 0 Å². The fourth-order valence-corrected chi connectivity index (χ4v) is 2.02. The summed E-state index contributed by atoms with van der Waals surface area (Å²) in [6.45, 7) is 3.28. The summed E-state index contributed by atoms with van der Waals surface area (Å²) in [5.74, 6) is -0.727. The summed E-state index contributed by atoms with van der Waals surface area (Å²) in [6.07, 6.45) is 0. The van der Waals surface area contributed by atoms with Gasteiger partial charge in [0, 0.05) is 12.6 Å². The second-order valence-corrected chi connectivity index (χ2v) is 5.13. The van der Waals surface area contributed by atoms with E-state index in [0.717, 1.165) is 4.90 Å². The summed E-state index contributed by atoms with van der Waals surface area (Å²) < 4.78 is 13.1. The number of amides is 3. The maximum Gasteiger partial charge on any atom is 0.325 e. The molecule has 2 rings (SSSR count). The molecule has 3 amide bonds. The number of nitrogens with one attached hydrogen (secondary N) is 1. The zero-order chi connectivity index (χ0) is 14.2. The molecule has 0 spiro atoms. The number of carbonyl (C=O) groups is 2. The van der Waals surface area contributed by atoms with Crippen molar-refractivity contribution in [1.29, 1.82) is 0 Å². The molecule has 3 N–H and O–H groups in total. The summed E-state index contributed by atoms with van der Waals surface area (Å²) in [4.78, 5) is 24.7. The van der Waals surface area contributed by atoms with E-state index in [0.29, 0.717) is 5.56 Å². The van der Waals surface area contributed by atoms with E-state index in [4.69, 9.17) is 5.73 Å². The third-order valence-corrected chi connectivity index (χ3v) is 3.10. The highest BCUT2D eigenvalue weighted by molar-refractivity contribution is 6.06. The van der Waals surface area contributed by atoms with Gasteiger partial charge in [-0.2, -0.15) is 0 Å². The maximum absolute atomic E-state index is 13.1. The van der Waals surface area contributed by atoms with E-state index in [-0.39, 0.29) is 12.5 Å². The van der Waals surface area contributed by atoms with E-state index < -0.39 is 23.4 Å². The maximum atomic E-state index is 13.1. The number of hydrogen-bond donors (Lipinski definition) is 2. The molecule has 0 saturated carbocycles. The first kappa shape index (κ1) is 13.5. The van der Waals surface area contributed by atoms with Gasteiger partial charge in [-0.25, -0.2) is 9.18 Å². The van der Waals surface area contributed by atoms with Crippen LogP contribution in [0.1, 0.15) is 25.5 Å². The number of urea groups is 1. The van der Waals surface area contributed by atoms with Crippen molar-refractivity contribution < 1.29 is 14.0 Å². The Morgan fingerprint density at radius 2 is 2.11 bits per heavy atom. The largest absolute Gasteiger partial charge is 0.325 e. The molecule has 1 atom stereocenters. The lowest BCUT2D eigenvalue weighted by molar-refractivity contribution is -0.130. The third-order valence-electron chi connectivity index (χ3n) is 3.10. The Morgan fingerprint density at radius 3 is 2.63 bits per heavy atom. The van der Waals surface area contributed by atoms with Gasteiger partial charge >= 0.3 is 6.03 Å². The molecule has 1 saturated heterocycles. The van der Waals surface area contributed by atoms with E-state index in [2.05, 4.69) is 5.32 Å². The topological polar surface area (TPSA) is 75.4 Å². The number of hydrogen-bond acceptors (Lipinski definition) is 3. The Morgan fingerprint density at radius 1 is 1.42 bits per heavy atom. The van der Waals surface area contributed by atoms with E-state index >= 15 is 0 Å². The Bertz CT molecular complexity index is 530. The Labute approximate surface area is 110 Å². The molecule has 1 heterocycles. The lowest BCUT2D eigenvalue weighted by atomic mass is 10.0. The molecule has 5 nitrogen and oxygen atoms in total. The van der Waals surface area contributed by atoms with Crippen LogP contribution >= 0.6 is 0 Å². The molecule has 102 valence electrons. The highest BCUT2D eigenvalue weighted by Gasteiger charge is 2.44. The number of benzene rings is 1. The quantitative estimate of drug-likeness (QED) is 0.805. The minimum Gasteiger partial charge on any atom is -0.324 e. The van der Waals surface area contributed by atoms with Crippen LogP contribution in [0.4, 0.5) is 9.18 Å². The predicted molar refractivity (Wildman–Crippen MR) is 67.7 cm³/mol. The normalized spacial score (nSPS) is 19.5. The summed E-state index contributed by atoms with van der Waals surface area (Å²) in [5.41, 5.74) is 5.54. The predicted octanol–water partition coefficient (Wildman–Crippen LogP) is 1.16. The molecule has 1 unspecified atom stereocenters. The molecule has 0 aromatic heterocycles. The van der Waals surface area contributed by atoms with Gasteiger partial charge in [-0.3, -0.25) is 9.69 Å². The van der Waals surface area contributed by atoms with Gasteiger partial charge in [-0.05, 0) is 31.5 Å². The fourth-order valence-electron chi connectivity index (χ4n) is 2.02. The van der Waals surface area contributed by atoms with Crippen molar-refractivity contribution in [1.82, 2.24) is 10.2 Å². The molecule has 0 aliphatic carbocycles. The smallest absolute Gasteiger partial charge is 0.324 e. The minimum atomic E-state index is -0.918. The molecule has 1 aliphatic rings. The van der Waals surface area contributed by atoms with E-state index in [1.54, 1.807) is 26.0 Å². The molecule has 6 heteroatoms. The molecule has 19 heavy (non-hydrogen) atoms. The van der Waals surface area contributed by atoms with E-state index in [1.165, 1.54) is 12.1 Å². The fraction of sp³-hybridized carbons (Fsp3) is 0.385. The molecule has 1 fully saturated rings. The number of nitrogens with zero attached hydrogens (tertiary/aromatic N) is 1. The molecule has 1 aromatic rings. The highest BCUT2D eigenvalue weighted by Crippen LogP contribution is 2.20. The van der Waals surface area contributed by atoms with Gasteiger partial charge < -0.3 is 11.1 Å². The summed E-state index contributed by atoms with van der Waals surface area (Å²) in [5, 5.41) is 2.57. The molecule has 0 radical (unpaired) electrons. The van der Waals surface area contributed by atoms with Crippen LogP contribution in [0.15, 0.2) is 24.3 Å². The number of halogens is 1. The average Bonchev–Trinajstić information content (AvgIpc) is 2.51. The number of nitrogens with two attached hydrogens (primary N) is 1. The molecule has 0 bridgehead atoms. The molecule has 1 aromatic carbocycles. The van der Waals surface area contributed by atoms with Gasteiger partial charge in [-0.1, -0.05) is 12.1 Å². The highest BCUT2D eigenvalue weighted by atomic mass is 19.1. The monoisotopic (exact) mass is 265 g/mol. The standard InChI is InChI=1S/C13H16FN3O2/c1-13(2)11(18)17(12(19)16-13)7-10(15)8-4-3-5-9(14)6-8/h3-6,10H,7,15H2,1-2H3,(H,16,19). The van der Waals surface area contributed by atoms with E-state index in [9.17, 15) is 14.0 Å². The van der Waals surface area contributed by atoms with Crippen molar-refractivity contribution >= 4 is 11.9 Å². The number of carbonyl (C=O) groups excluding carboxylic acids is 2. The third kappa shape index (κ3) is 2.58. The van der Waals surface area contributed by atoms with Crippen LogP contribution in [0, 0.1) is 5.82 Å². The zero-order valence-electron chi connectivity index (χ0n) is 10.8. The van der Waals surface area contributed by atoms with Crippen molar-refractivity contribution in [3.05, 3.63) is 35.6 Å². The first-order chi connectivity index (χ1) is 8.81. The average molecular weight is 265 g/mol. The van der Waals surface area contributed by atoms with Crippen molar-refractivity contribution in [2.45, 2.75) is 25.4 Å². The lowest BCUT2D eigenvalue weighted by Crippen LogP contribution is -2.41. The zero-order valence-corrected chi connectivity index (χ0v) is 10.8. The molecule has 1 aliphatic heterocycles. The Hall–Kier alpha value is -1.95.